The lowest BCUT2D eigenvalue weighted by Gasteiger charge is -2.12. The summed E-state index contributed by atoms with van der Waals surface area (Å²) in [7, 11) is -4.01. The average molecular weight is 317 g/mol. The summed E-state index contributed by atoms with van der Waals surface area (Å²) in [5.41, 5.74) is -1.16. The highest BCUT2D eigenvalue weighted by molar-refractivity contribution is 7.90. The molecule has 0 heterocycles. The number of carboxylic acid groups (broad SMARTS) is 1. The number of hydrogen-bond donors (Lipinski definition) is 3. The van der Waals surface area contributed by atoms with Crippen molar-refractivity contribution in [2.45, 2.75) is 13.8 Å². The molecule has 0 fully saturated rings. The largest absolute Gasteiger partial charge is 0.478 e. The summed E-state index contributed by atoms with van der Waals surface area (Å²) < 4.78 is 27.8. The summed E-state index contributed by atoms with van der Waals surface area (Å²) in [6.45, 7) is 3.73. The third kappa shape index (κ3) is 5.00. The van der Waals surface area contributed by atoms with Crippen LogP contribution in [0.4, 0.5) is 11.4 Å². The van der Waals surface area contributed by atoms with Gasteiger partial charge >= 0.3 is 5.97 Å². The van der Waals surface area contributed by atoms with E-state index in [1.54, 1.807) is 13.8 Å². The Morgan fingerprint density at radius 1 is 1.43 bits per heavy atom. The third-order valence-corrected chi connectivity index (χ3v) is 3.41. The maximum atomic E-state index is 11.8. The van der Waals surface area contributed by atoms with E-state index < -0.39 is 26.8 Å². The van der Waals surface area contributed by atoms with Crippen molar-refractivity contribution in [2.24, 2.45) is 5.92 Å². The molecule has 0 amide bonds. The number of rotatable bonds is 7. The van der Waals surface area contributed by atoms with Crippen LogP contribution in [0, 0.1) is 16.0 Å². The number of nitro groups is 1. The lowest BCUT2D eigenvalue weighted by molar-refractivity contribution is -0.384. The van der Waals surface area contributed by atoms with Crippen molar-refractivity contribution in [1.82, 2.24) is 4.72 Å². The molecule has 0 saturated carbocycles. The molecule has 0 bridgehead atoms. The zero-order valence-electron chi connectivity index (χ0n) is 11.4. The predicted molar refractivity (Wildman–Crippen MR) is 75.4 cm³/mol. The lowest BCUT2D eigenvalue weighted by atomic mass is 10.1. The minimum Gasteiger partial charge on any atom is -0.478 e. The number of nitrogens with one attached hydrogen (secondary N) is 2. The van der Waals surface area contributed by atoms with Crippen molar-refractivity contribution >= 4 is 27.6 Å². The van der Waals surface area contributed by atoms with Gasteiger partial charge in [-0.05, 0) is 12.0 Å². The van der Waals surface area contributed by atoms with Crippen LogP contribution in [0.25, 0.3) is 0 Å². The Morgan fingerprint density at radius 3 is 2.52 bits per heavy atom. The van der Waals surface area contributed by atoms with Gasteiger partial charge in [0.1, 0.15) is 0 Å². The van der Waals surface area contributed by atoms with Crippen molar-refractivity contribution in [2.75, 3.05) is 11.3 Å². The highest BCUT2D eigenvalue weighted by Gasteiger charge is 2.19. The van der Waals surface area contributed by atoms with Crippen molar-refractivity contribution in [3.05, 3.63) is 33.9 Å². The van der Waals surface area contributed by atoms with Crippen LogP contribution in [0.3, 0.4) is 0 Å². The molecular formula is C11H15N3O6S. The van der Waals surface area contributed by atoms with E-state index in [-0.39, 0.29) is 23.7 Å². The number of non-ortho nitro benzene ring substituents is 1. The molecule has 1 aromatic carbocycles. The zero-order valence-corrected chi connectivity index (χ0v) is 12.2. The van der Waals surface area contributed by atoms with E-state index in [9.17, 15) is 23.3 Å². The molecule has 0 atom stereocenters. The predicted octanol–water partition coefficient (Wildman–Crippen LogP) is 1.20. The van der Waals surface area contributed by atoms with E-state index in [4.69, 9.17) is 5.11 Å². The van der Waals surface area contributed by atoms with Gasteiger partial charge in [-0.25, -0.2) is 4.79 Å². The topological polar surface area (TPSA) is 139 Å². The molecule has 0 spiro atoms. The van der Waals surface area contributed by atoms with Crippen LogP contribution < -0.4 is 9.44 Å². The van der Waals surface area contributed by atoms with E-state index in [1.807, 2.05) is 4.72 Å². The summed E-state index contributed by atoms with van der Waals surface area (Å²) in [5, 5.41) is 19.7. The number of aromatic carboxylic acids is 1. The van der Waals surface area contributed by atoms with E-state index in [1.165, 1.54) is 0 Å². The van der Waals surface area contributed by atoms with Gasteiger partial charge in [-0.3, -0.25) is 14.8 Å². The zero-order chi connectivity index (χ0) is 16.2. The first-order chi connectivity index (χ1) is 9.62. The molecule has 10 heteroatoms. The number of carboxylic acids is 1. The fourth-order valence-electron chi connectivity index (χ4n) is 1.37. The molecule has 0 aliphatic rings. The van der Waals surface area contributed by atoms with Gasteiger partial charge in [-0.1, -0.05) is 13.8 Å². The maximum absolute atomic E-state index is 11.8. The van der Waals surface area contributed by atoms with Crippen molar-refractivity contribution < 1.29 is 23.2 Å². The minimum absolute atomic E-state index is 0.0469. The van der Waals surface area contributed by atoms with Crippen LogP contribution in [0.2, 0.25) is 0 Å². The van der Waals surface area contributed by atoms with Crippen molar-refractivity contribution in [3.8, 4) is 0 Å². The summed E-state index contributed by atoms with van der Waals surface area (Å²) >= 11 is 0. The number of benzene rings is 1. The third-order valence-electron chi connectivity index (χ3n) is 2.37. The first kappa shape index (κ1) is 16.9. The minimum atomic E-state index is -4.01. The van der Waals surface area contributed by atoms with Crippen LogP contribution >= 0.6 is 0 Å². The second kappa shape index (κ2) is 6.50. The molecule has 0 aliphatic heterocycles. The number of carbonyl (C=O) groups is 1. The molecule has 1 aromatic rings. The number of hydrogen-bond acceptors (Lipinski definition) is 5. The lowest BCUT2D eigenvalue weighted by Crippen LogP contribution is -2.33. The Labute approximate surface area is 121 Å². The standard InChI is InChI=1S/C11H15N3O6S/c1-7(2)6-12-21(19,20)13-10-5-8(14(17)18)3-4-9(10)11(15)16/h3-5,7,12-13H,6H2,1-2H3,(H,15,16). The van der Waals surface area contributed by atoms with Gasteiger partial charge in [-0.2, -0.15) is 13.1 Å². The second-order valence-electron chi connectivity index (χ2n) is 4.64. The summed E-state index contributed by atoms with van der Waals surface area (Å²) in [6, 6.07) is 2.82. The maximum Gasteiger partial charge on any atom is 0.337 e. The van der Waals surface area contributed by atoms with E-state index in [0.717, 1.165) is 18.2 Å². The van der Waals surface area contributed by atoms with Crippen LogP contribution in [0.15, 0.2) is 18.2 Å². The average Bonchev–Trinajstić information content (AvgIpc) is 2.35. The Bertz CT molecular complexity index is 656. The number of nitrogens with zero attached hydrogens (tertiary/aromatic N) is 1. The fraction of sp³-hybridized carbons (Fsp3) is 0.364. The van der Waals surface area contributed by atoms with Crippen LogP contribution in [0.5, 0.6) is 0 Å². The molecule has 116 valence electrons. The monoisotopic (exact) mass is 317 g/mol. The molecule has 1 rings (SSSR count). The molecule has 0 aliphatic carbocycles. The van der Waals surface area contributed by atoms with E-state index >= 15 is 0 Å². The summed E-state index contributed by atoms with van der Waals surface area (Å²) in [4.78, 5) is 21.0. The summed E-state index contributed by atoms with van der Waals surface area (Å²) in [6.07, 6.45) is 0. The van der Waals surface area contributed by atoms with Gasteiger partial charge < -0.3 is 5.11 Å². The molecule has 0 aromatic heterocycles. The van der Waals surface area contributed by atoms with Crippen LogP contribution in [0.1, 0.15) is 24.2 Å². The quantitative estimate of drug-likeness (QED) is 0.510. The Kier molecular flexibility index (Phi) is 5.22. The highest BCUT2D eigenvalue weighted by Crippen LogP contribution is 2.23. The SMILES string of the molecule is CC(C)CNS(=O)(=O)Nc1cc([N+](=O)[O-])ccc1C(=O)O. The van der Waals surface area contributed by atoms with Gasteiger partial charge in [-0.15, -0.1) is 0 Å². The van der Waals surface area contributed by atoms with E-state index in [2.05, 4.69) is 4.72 Å². The number of nitro benzene ring substituents is 1. The molecule has 9 nitrogen and oxygen atoms in total. The molecule has 0 unspecified atom stereocenters. The molecule has 0 radical (unpaired) electrons. The van der Waals surface area contributed by atoms with Crippen molar-refractivity contribution in [1.29, 1.82) is 0 Å². The second-order valence-corrected chi connectivity index (χ2v) is 6.14. The Morgan fingerprint density at radius 2 is 2.05 bits per heavy atom. The highest BCUT2D eigenvalue weighted by atomic mass is 32.2. The van der Waals surface area contributed by atoms with Gasteiger partial charge in [0, 0.05) is 18.7 Å². The van der Waals surface area contributed by atoms with Gasteiger partial charge in [0.15, 0.2) is 0 Å². The first-order valence-electron chi connectivity index (χ1n) is 5.91. The van der Waals surface area contributed by atoms with Crippen LogP contribution in [-0.2, 0) is 10.2 Å². The first-order valence-corrected chi connectivity index (χ1v) is 7.40. The molecule has 3 N–H and O–H groups in total. The van der Waals surface area contributed by atoms with E-state index in [0.29, 0.717) is 0 Å². The molecule has 0 saturated heterocycles. The van der Waals surface area contributed by atoms with Crippen molar-refractivity contribution in [3.63, 3.8) is 0 Å². The molecule has 21 heavy (non-hydrogen) atoms. The smallest absolute Gasteiger partial charge is 0.337 e. The Balaban J connectivity index is 3.12. The fourth-order valence-corrected chi connectivity index (χ4v) is 2.46. The molecular weight excluding hydrogens is 302 g/mol. The van der Waals surface area contributed by atoms with Gasteiger partial charge in [0.05, 0.1) is 16.2 Å². The van der Waals surface area contributed by atoms with Gasteiger partial charge in [0.25, 0.3) is 15.9 Å². The van der Waals surface area contributed by atoms with Crippen LogP contribution in [-0.4, -0.2) is 31.0 Å². The summed E-state index contributed by atoms with van der Waals surface area (Å²) in [5.74, 6) is -1.35. The normalized spacial score (nSPS) is 11.4. The van der Waals surface area contributed by atoms with Gasteiger partial charge in [0.2, 0.25) is 0 Å². The number of anilines is 1. The Hall–Kier alpha value is -2.20.